The van der Waals surface area contributed by atoms with E-state index < -0.39 is 6.43 Å². The summed E-state index contributed by atoms with van der Waals surface area (Å²) in [7, 11) is 0. The van der Waals surface area contributed by atoms with E-state index in [1.54, 1.807) is 6.07 Å². The van der Waals surface area contributed by atoms with Crippen LogP contribution < -0.4 is 15.5 Å². The molecule has 3 rings (SSSR count). The molecule has 2 aromatic rings. The van der Waals surface area contributed by atoms with Crippen molar-refractivity contribution in [3.05, 3.63) is 53.2 Å². The van der Waals surface area contributed by atoms with E-state index in [0.717, 1.165) is 31.7 Å². The minimum Gasteiger partial charge on any atom is -0.368 e. The molecule has 1 saturated heterocycles. The van der Waals surface area contributed by atoms with Crippen LogP contribution in [0.3, 0.4) is 0 Å². The smallest absolute Gasteiger partial charge is 0.280 e. The molecule has 0 radical (unpaired) electrons. The van der Waals surface area contributed by atoms with Crippen molar-refractivity contribution in [2.45, 2.75) is 19.9 Å². The number of aryl methyl sites for hydroxylation is 1. The second-order valence-electron chi connectivity index (χ2n) is 6.04. The summed E-state index contributed by atoms with van der Waals surface area (Å²) >= 11 is 0. The van der Waals surface area contributed by atoms with Gasteiger partial charge in [-0.1, -0.05) is 18.2 Å². The number of rotatable bonds is 4. The topological polar surface area (TPSA) is 45.4 Å². The molecule has 0 saturated carbocycles. The fourth-order valence-corrected chi connectivity index (χ4v) is 3.05. The third-order valence-corrected chi connectivity index (χ3v) is 4.37. The van der Waals surface area contributed by atoms with Crippen LogP contribution in [0.4, 0.5) is 20.3 Å². The SMILES string of the molecule is Cc1cccc(N2CCN(c3nc(C(F)F)ccc3CN)CC2)c1. The number of pyridine rings is 1. The number of piperazine rings is 1. The van der Waals surface area contributed by atoms with E-state index >= 15 is 0 Å². The van der Waals surface area contributed by atoms with Gasteiger partial charge < -0.3 is 15.5 Å². The van der Waals surface area contributed by atoms with Gasteiger partial charge >= 0.3 is 0 Å². The third kappa shape index (κ3) is 3.48. The monoisotopic (exact) mass is 332 g/mol. The van der Waals surface area contributed by atoms with Crippen LogP contribution in [-0.4, -0.2) is 31.2 Å². The summed E-state index contributed by atoms with van der Waals surface area (Å²) in [6.45, 7) is 5.50. The molecule has 0 aliphatic carbocycles. The van der Waals surface area contributed by atoms with E-state index in [-0.39, 0.29) is 5.69 Å². The van der Waals surface area contributed by atoms with Crippen molar-refractivity contribution in [2.24, 2.45) is 5.73 Å². The highest BCUT2D eigenvalue weighted by Gasteiger charge is 2.22. The van der Waals surface area contributed by atoms with Gasteiger partial charge in [-0.15, -0.1) is 0 Å². The lowest BCUT2D eigenvalue weighted by molar-refractivity contribution is 0.146. The Kier molecular flexibility index (Phi) is 4.94. The van der Waals surface area contributed by atoms with Crippen molar-refractivity contribution in [3.63, 3.8) is 0 Å². The first-order valence-corrected chi connectivity index (χ1v) is 8.13. The summed E-state index contributed by atoms with van der Waals surface area (Å²) in [5.74, 6) is 0.596. The van der Waals surface area contributed by atoms with Gasteiger partial charge in [-0.2, -0.15) is 0 Å². The number of hydrogen-bond donors (Lipinski definition) is 1. The van der Waals surface area contributed by atoms with Crippen LogP contribution in [-0.2, 0) is 6.54 Å². The zero-order chi connectivity index (χ0) is 17.1. The number of nitrogens with zero attached hydrogens (tertiary/aromatic N) is 3. The highest BCUT2D eigenvalue weighted by Crippen LogP contribution is 2.26. The molecule has 1 aliphatic rings. The maximum absolute atomic E-state index is 13.0. The molecule has 1 aromatic carbocycles. The first-order chi connectivity index (χ1) is 11.6. The fourth-order valence-electron chi connectivity index (χ4n) is 3.05. The highest BCUT2D eigenvalue weighted by molar-refractivity contribution is 5.53. The van der Waals surface area contributed by atoms with Crippen molar-refractivity contribution in [1.29, 1.82) is 0 Å². The molecular formula is C18H22F2N4. The van der Waals surface area contributed by atoms with Crippen LogP contribution >= 0.6 is 0 Å². The van der Waals surface area contributed by atoms with E-state index in [4.69, 9.17) is 5.73 Å². The van der Waals surface area contributed by atoms with Crippen LogP contribution in [0.5, 0.6) is 0 Å². The summed E-state index contributed by atoms with van der Waals surface area (Å²) in [6, 6.07) is 11.4. The predicted molar refractivity (Wildman–Crippen MR) is 92.7 cm³/mol. The van der Waals surface area contributed by atoms with Gasteiger partial charge in [0, 0.05) is 44.0 Å². The molecule has 4 nitrogen and oxygen atoms in total. The number of nitrogens with two attached hydrogens (primary N) is 1. The number of alkyl halides is 2. The molecule has 0 spiro atoms. The minimum atomic E-state index is -2.57. The van der Waals surface area contributed by atoms with Crippen molar-refractivity contribution < 1.29 is 8.78 Å². The molecule has 0 unspecified atom stereocenters. The van der Waals surface area contributed by atoms with Gasteiger partial charge in [0.1, 0.15) is 11.5 Å². The Labute approximate surface area is 140 Å². The lowest BCUT2D eigenvalue weighted by Crippen LogP contribution is -2.47. The molecule has 0 amide bonds. The maximum Gasteiger partial charge on any atom is 0.280 e. The van der Waals surface area contributed by atoms with E-state index in [1.165, 1.54) is 17.3 Å². The van der Waals surface area contributed by atoms with E-state index in [1.807, 2.05) is 0 Å². The first-order valence-electron chi connectivity index (χ1n) is 8.13. The fraction of sp³-hybridized carbons (Fsp3) is 0.389. The number of benzene rings is 1. The van der Waals surface area contributed by atoms with Crippen molar-refractivity contribution in [3.8, 4) is 0 Å². The molecule has 0 atom stereocenters. The minimum absolute atomic E-state index is 0.191. The molecule has 24 heavy (non-hydrogen) atoms. The Morgan fingerprint density at radius 1 is 1.08 bits per heavy atom. The standard InChI is InChI=1S/C18H22F2N4/c1-13-3-2-4-15(11-13)23-7-9-24(10-8-23)18-14(12-21)5-6-16(22-18)17(19)20/h2-6,11,17H,7-10,12,21H2,1H3. The molecular weight excluding hydrogens is 310 g/mol. The molecule has 1 aliphatic heterocycles. The average Bonchev–Trinajstić information content (AvgIpc) is 2.61. The molecule has 128 valence electrons. The molecule has 6 heteroatoms. The summed E-state index contributed by atoms with van der Waals surface area (Å²) in [5, 5.41) is 0. The largest absolute Gasteiger partial charge is 0.368 e. The van der Waals surface area contributed by atoms with Gasteiger partial charge in [0.15, 0.2) is 0 Å². The van der Waals surface area contributed by atoms with Crippen molar-refractivity contribution in [2.75, 3.05) is 36.0 Å². The average molecular weight is 332 g/mol. The Balaban J connectivity index is 1.75. The van der Waals surface area contributed by atoms with Gasteiger partial charge in [0.25, 0.3) is 6.43 Å². The zero-order valence-electron chi connectivity index (χ0n) is 13.8. The lowest BCUT2D eigenvalue weighted by Gasteiger charge is -2.37. The highest BCUT2D eigenvalue weighted by atomic mass is 19.3. The molecule has 1 aromatic heterocycles. The summed E-state index contributed by atoms with van der Waals surface area (Å²) in [4.78, 5) is 8.52. The van der Waals surface area contributed by atoms with E-state index in [2.05, 4.69) is 46.0 Å². The molecule has 0 bridgehead atoms. The summed E-state index contributed by atoms with van der Waals surface area (Å²) in [6.07, 6.45) is -2.57. The number of halogens is 2. The Morgan fingerprint density at radius 2 is 1.79 bits per heavy atom. The van der Waals surface area contributed by atoms with E-state index in [0.29, 0.717) is 12.4 Å². The predicted octanol–water partition coefficient (Wildman–Crippen LogP) is 3.11. The first kappa shape index (κ1) is 16.6. The Bertz CT molecular complexity index is 697. The third-order valence-electron chi connectivity index (χ3n) is 4.37. The quantitative estimate of drug-likeness (QED) is 0.934. The number of anilines is 2. The normalized spacial score (nSPS) is 15.2. The second kappa shape index (κ2) is 7.13. The molecule has 2 heterocycles. The van der Waals surface area contributed by atoms with Crippen LogP contribution in [0.1, 0.15) is 23.2 Å². The Hall–Kier alpha value is -2.21. The number of hydrogen-bond acceptors (Lipinski definition) is 4. The molecule has 1 fully saturated rings. The van der Waals surface area contributed by atoms with Crippen LogP contribution in [0, 0.1) is 6.92 Å². The van der Waals surface area contributed by atoms with Gasteiger partial charge in [-0.25, -0.2) is 13.8 Å². The van der Waals surface area contributed by atoms with E-state index in [9.17, 15) is 8.78 Å². The molecule has 2 N–H and O–H groups in total. The van der Waals surface area contributed by atoms with Crippen LogP contribution in [0.2, 0.25) is 0 Å². The van der Waals surface area contributed by atoms with Gasteiger partial charge in [0.05, 0.1) is 0 Å². The van der Waals surface area contributed by atoms with Crippen molar-refractivity contribution in [1.82, 2.24) is 4.98 Å². The lowest BCUT2D eigenvalue weighted by atomic mass is 10.1. The second-order valence-corrected chi connectivity index (χ2v) is 6.04. The maximum atomic E-state index is 13.0. The Morgan fingerprint density at radius 3 is 2.42 bits per heavy atom. The van der Waals surface area contributed by atoms with Gasteiger partial charge in [-0.05, 0) is 30.7 Å². The van der Waals surface area contributed by atoms with Gasteiger partial charge in [0.2, 0.25) is 0 Å². The van der Waals surface area contributed by atoms with Crippen LogP contribution in [0.15, 0.2) is 36.4 Å². The van der Waals surface area contributed by atoms with Crippen molar-refractivity contribution >= 4 is 11.5 Å². The zero-order valence-corrected chi connectivity index (χ0v) is 13.8. The van der Waals surface area contributed by atoms with Gasteiger partial charge in [-0.3, -0.25) is 0 Å². The summed E-state index contributed by atoms with van der Waals surface area (Å²) in [5.41, 5.74) is 8.80. The van der Waals surface area contributed by atoms with Crippen LogP contribution in [0.25, 0.3) is 0 Å². The number of aromatic nitrogens is 1. The summed E-state index contributed by atoms with van der Waals surface area (Å²) < 4.78 is 25.9.